The fourth-order valence-corrected chi connectivity index (χ4v) is 3.46. The second kappa shape index (κ2) is 8.72. The van der Waals surface area contributed by atoms with Crippen LogP contribution in [0.25, 0.3) is 11.2 Å². The number of aryl methyl sites for hydroxylation is 1. The van der Waals surface area contributed by atoms with Crippen molar-refractivity contribution < 1.29 is 19.7 Å². The van der Waals surface area contributed by atoms with Gasteiger partial charge in [0.05, 0.1) is 12.3 Å². The molecule has 3 aromatic rings. The average Bonchev–Trinajstić information content (AvgIpc) is 3.03. The Bertz CT molecular complexity index is 1150. The molecule has 0 saturated carbocycles. The molecule has 0 fully saturated rings. The number of aliphatic carboxylic acids is 1. The molecular weight excluding hydrogens is 424 g/mol. The number of H-pyrrole nitrogens is 1. The fourth-order valence-electron chi connectivity index (χ4n) is 2.61. The Hall–Kier alpha value is -2.76. The molecular formula is C17H17ClN4O6S. The van der Waals surface area contributed by atoms with Gasteiger partial charge in [-0.2, -0.15) is 0 Å². The van der Waals surface area contributed by atoms with E-state index in [4.69, 9.17) is 21.4 Å². The highest BCUT2D eigenvalue weighted by atomic mass is 35.5. The number of imidazole rings is 1. The van der Waals surface area contributed by atoms with Crippen molar-refractivity contribution in [3.05, 3.63) is 50.1 Å². The first-order chi connectivity index (χ1) is 13.8. The standard InChI is InChI=1S/C17H17ClN4O6S/c1-21-14-13(15(26)20-16(21)27)22(17(19-14)29-8-12(24)25)6-10(23)7-28-11-4-2-9(18)3-5-11/h2-5,10,23H,6-8H2,1H3,(H,24,25)(H,20,26,27)/t10-/m1/s1. The van der Waals surface area contributed by atoms with Crippen molar-refractivity contribution in [1.29, 1.82) is 0 Å². The molecule has 0 unspecified atom stereocenters. The van der Waals surface area contributed by atoms with Crippen LogP contribution in [0.2, 0.25) is 5.02 Å². The van der Waals surface area contributed by atoms with Gasteiger partial charge in [-0.05, 0) is 24.3 Å². The number of rotatable bonds is 8. The lowest BCUT2D eigenvalue weighted by atomic mass is 10.3. The largest absolute Gasteiger partial charge is 0.491 e. The summed E-state index contributed by atoms with van der Waals surface area (Å²) in [6.07, 6.45) is -1.04. The van der Waals surface area contributed by atoms with Crippen LogP contribution in [0.1, 0.15) is 0 Å². The third kappa shape index (κ3) is 4.81. The van der Waals surface area contributed by atoms with Gasteiger partial charge in [0, 0.05) is 12.1 Å². The zero-order chi connectivity index (χ0) is 21.1. The molecule has 0 aliphatic rings. The number of aliphatic hydroxyl groups is 1. The molecule has 2 heterocycles. The van der Waals surface area contributed by atoms with E-state index < -0.39 is 23.3 Å². The Morgan fingerprint density at radius 2 is 2.03 bits per heavy atom. The minimum atomic E-state index is -1.07. The Kier molecular flexibility index (Phi) is 6.30. The molecule has 12 heteroatoms. The minimum absolute atomic E-state index is 0.0607. The van der Waals surface area contributed by atoms with Gasteiger partial charge < -0.3 is 19.5 Å². The lowest BCUT2D eigenvalue weighted by Gasteiger charge is -2.15. The first kappa shape index (κ1) is 21.0. The Morgan fingerprint density at radius 1 is 1.34 bits per heavy atom. The zero-order valence-electron chi connectivity index (χ0n) is 15.2. The average molecular weight is 441 g/mol. The number of carbonyl (C=O) groups is 1. The van der Waals surface area contributed by atoms with Crippen molar-refractivity contribution in [1.82, 2.24) is 19.1 Å². The highest BCUT2D eigenvalue weighted by Crippen LogP contribution is 2.22. The molecule has 0 radical (unpaired) electrons. The summed E-state index contributed by atoms with van der Waals surface area (Å²) in [6, 6.07) is 6.59. The van der Waals surface area contributed by atoms with Crippen molar-refractivity contribution >= 4 is 40.5 Å². The summed E-state index contributed by atoms with van der Waals surface area (Å²) in [5, 5.41) is 20.1. The molecule has 29 heavy (non-hydrogen) atoms. The molecule has 1 aromatic carbocycles. The number of fused-ring (bicyclic) bond motifs is 1. The maximum Gasteiger partial charge on any atom is 0.329 e. The van der Waals surface area contributed by atoms with E-state index in [1.807, 2.05) is 0 Å². The molecule has 2 aromatic heterocycles. The van der Waals surface area contributed by atoms with Crippen LogP contribution < -0.4 is 16.0 Å². The molecule has 0 aliphatic carbocycles. The van der Waals surface area contributed by atoms with E-state index in [1.165, 1.54) is 11.6 Å². The van der Waals surface area contributed by atoms with Gasteiger partial charge in [0.1, 0.15) is 18.5 Å². The van der Waals surface area contributed by atoms with Crippen LogP contribution in [0.4, 0.5) is 0 Å². The summed E-state index contributed by atoms with van der Waals surface area (Å²) in [4.78, 5) is 41.5. The molecule has 3 N–H and O–H groups in total. The van der Waals surface area contributed by atoms with Gasteiger partial charge in [-0.25, -0.2) is 9.78 Å². The minimum Gasteiger partial charge on any atom is -0.491 e. The Balaban J connectivity index is 1.89. The van der Waals surface area contributed by atoms with Crippen LogP contribution in [0.15, 0.2) is 39.0 Å². The fraction of sp³-hybridized carbons (Fsp3) is 0.294. The van der Waals surface area contributed by atoms with Gasteiger partial charge in [0.25, 0.3) is 5.56 Å². The van der Waals surface area contributed by atoms with E-state index >= 15 is 0 Å². The Morgan fingerprint density at radius 3 is 2.69 bits per heavy atom. The van der Waals surface area contributed by atoms with Gasteiger partial charge >= 0.3 is 11.7 Å². The third-order valence-electron chi connectivity index (χ3n) is 3.95. The predicted octanol–water partition coefficient (Wildman–Crippen LogP) is 0.693. The smallest absolute Gasteiger partial charge is 0.329 e. The lowest BCUT2D eigenvalue weighted by Crippen LogP contribution is -2.30. The molecule has 1 atom stereocenters. The molecule has 0 bridgehead atoms. The number of hydrogen-bond acceptors (Lipinski definition) is 7. The normalized spacial score (nSPS) is 12.2. The summed E-state index contributed by atoms with van der Waals surface area (Å²) in [6.45, 7) is -0.179. The van der Waals surface area contributed by atoms with E-state index in [2.05, 4.69) is 9.97 Å². The van der Waals surface area contributed by atoms with Crippen molar-refractivity contribution in [3.63, 3.8) is 0 Å². The number of ether oxygens (including phenoxy) is 1. The highest BCUT2D eigenvalue weighted by Gasteiger charge is 2.20. The summed E-state index contributed by atoms with van der Waals surface area (Å²) >= 11 is 6.70. The molecule has 0 saturated heterocycles. The van der Waals surface area contributed by atoms with Crippen LogP contribution in [0.5, 0.6) is 5.75 Å². The number of carboxylic acids is 1. The van der Waals surface area contributed by atoms with Gasteiger partial charge in [-0.1, -0.05) is 23.4 Å². The molecule has 0 amide bonds. The quantitative estimate of drug-likeness (QED) is 0.435. The van der Waals surface area contributed by atoms with E-state index in [1.54, 1.807) is 24.3 Å². The maximum atomic E-state index is 12.3. The first-order valence-corrected chi connectivity index (χ1v) is 9.73. The monoisotopic (exact) mass is 440 g/mol. The van der Waals surface area contributed by atoms with Crippen LogP contribution in [0.3, 0.4) is 0 Å². The van der Waals surface area contributed by atoms with Gasteiger partial charge in [0.15, 0.2) is 16.3 Å². The van der Waals surface area contributed by atoms with E-state index in [0.717, 1.165) is 16.3 Å². The predicted molar refractivity (Wildman–Crippen MR) is 107 cm³/mol. The SMILES string of the molecule is Cn1c(=O)[nH]c(=O)c2c1nc(SCC(=O)O)n2C[C@@H](O)COc1ccc(Cl)cc1. The number of hydrogen-bond donors (Lipinski definition) is 3. The topological polar surface area (TPSA) is 139 Å². The van der Waals surface area contributed by atoms with Crippen LogP contribution in [-0.2, 0) is 18.4 Å². The summed E-state index contributed by atoms with van der Waals surface area (Å²) in [7, 11) is 1.43. The van der Waals surface area contributed by atoms with Crippen molar-refractivity contribution in [2.75, 3.05) is 12.4 Å². The van der Waals surface area contributed by atoms with Crippen LogP contribution in [0, 0.1) is 0 Å². The van der Waals surface area contributed by atoms with E-state index in [0.29, 0.717) is 10.8 Å². The number of nitrogens with zero attached hydrogens (tertiary/aromatic N) is 3. The molecule has 10 nitrogen and oxygen atoms in total. The number of aliphatic hydroxyl groups excluding tert-OH is 1. The van der Waals surface area contributed by atoms with Gasteiger partial charge in [0.2, 0.25) is 0 Å². The van der Waals surface area contributed by atoms with Gasteiger partial charge in [-0.3, -0.25) is 19.1 Å². The van der Waals surface area contributed by atoms with Crippen molar-refractivity contribution in [2.45, 2.75) is 17.8 Å². The molecule has 3 rings (SSSR count). The number of aromatic amines is 1. The Labute approximate surface area is 172 Å². The number of nitrogens with one attached hydrogen (secondary N) is 1. The van der Waals surface area contributed by atoms with Crippen molar-refractivity contribution in [2.24, 2.45) is 7.05 Å². The van der Waals surface area contributed by atoms with E-state index in [9.17, 15) is 19.5 Å². The summed E-state index contributed by atoms with van der Waals surface area (Å²) in [5.74, 6) is -0.861. The lowest BCUT2D eigenvalue weighted by molar-refractivity contribution is -0.133. The van der Waals surface area contributed by atoms with E-state index in [-0.39, 0.29) is 35.2 Å². The summed E-state index contributed by atoms with van der Waals surface area (Å²) in [5.41, 5.74) is -1.17. The van der Waals surface area contributed by atoms with Gasteiger partial charge in [-0.15, -0.1) is 0 Å². The van der Waals surface area contributed by atoms with Crippen LogP contribution in [-0.4, -0.2) is 53.7 Å². The third-order valence-corrected chi connectivity index (χ3v) is 5.16. The number of benzene rings is 1. The zero-order valence-corrected chi connectivity index (χ0v) is 16.7. The highest BCUT2D eigenvalue weighted by molar-refractivity contribution is 7.99. The second-order valence-corrected chi connectivity index (χ2v) is 7.48. The van der Waals surface area contributed by atoms with Crippen LogP contribution >= 0.6 is 23.4 Å². The maximum absolute atomic E-state index is 12.3. The number of carboxylic acid groups (broad SMARTS) is 1. The molecule has 0 spiro atoms. The molecule has 0 aliphatic heterocycles. The number of thioether (sulfide) groups is 1. The second-order valence-electron chi connectivity index (χ2n) is 6.10. The number of halogens is 1. The van der Waals surface area contributed by atoms with Crippen molar-refractivity contribution in [3.8, 4) is 5.75 Å². The number of aromatic nitrogens is 4. The molecule has 154 valence electrons. The summed E-state index contributed by atoms with van der Waals surface area (Å²) < 4.78 is 8.04. The first-order valence-electron chi connectivity index (χ1n) is 8.37.